The minimum atomic E-state index is 0.712. The van der Waals surface area contributed by atoms with Crippen molar-refractivity contribution in [2.24, 2.45) is 0 Å². The van der Waals surface area contributed by atoms with Gasteiger partial charge in [-0.15, -0.1) is 0 Å². The van der Waals surface area contributed by atoms with E-state index in [1.807, 2.05) is 24.3 Å². The van der Waals surface area contributed by atoms with Gasteiger partial charge in [-0.05, 0) is 49.4 Å². The molecule has 0 amide bonds. The van der Waals surface area contributed by atoms with E-state index in [1.54, 1.807) is 12.5 Å². The van der Waals surface area contributed by atoms with Gasteiger partial charge in [-0.3, -0.25) is 4.90 Å². The fraction of sp³-hybridized carbons (Fsp3) is 0.174. The standard InChI is InChI=1S/C23H21ClN4/c1-16-5-3-6-17-11-19(13-28(2)14-21-9-10-25-15-26-21)23(27-22(16)17)18-7-4-8-20(24)12-18/h3-12,15H,13-14H2,1-2H3. The lowest BCUT2D eigenvalue weighted by molar-refractivity contribution is 0.315. The third-order valence-corrected chi connectivity index (χ3v) is 4.98. The Morgan fingerprint density at radius 2 is 1.86 bits per heavy atom. The van der Waals surface area contributed by atoms with E-state index in [0.29, 0.717) is 5.02 Å². The SMILES string of the molecule is Cc1cccc2cc(CN(C)Cc3ccncn3)c(-c3cccc(Cl)c3)nc12. The van der Waals surface area contributed by atoms with Crippen LogP contribution in [0.15, 0.2) is 67.1 Å². The van der Waals surface area contributed by atoms with Gasteiger partial charge in [0.15, 0.2) is 0 Å². The molecule has 0 saturated carbocycles. The van der Waals surface area contributed by atoms with Crippen LogP contribution >= 0.6 is 11.6 Å². The average Bonchev–Trinajstić information content (AvgIpc) is 2.68. The number of nitrogens with zero attached hydrogens (tertiary/aromatic N) is 4. The molecule has 0 radical (unpaired) electrons. The van der Waals surface area contributed by atoms with Crippen LogP contribution in [0.3, 0.4) is 0 Å². The van der Waals surface area contributed by atoms with Gasteiger partial charge in [0.2, 0.25) is 0 Å². The Labute approximate surface area is 169 Å². The first kappa shape index (κ1) is 18.5. The third kappa shape index (κ3) is 4.03. The molecule has 4 aromatic rings. The first-order valence-electron chi connectivity index (χ1n) is 9.19. The van der Waals surface area contributed by atoms with Crippen LogP contribution in [0.4, 0.5) is 0 Å². The molecule has 2 heterocycles. The lowest BCUT2D eigenvalue weighted by Gasteiger charge is -2.19. The number of hydrogen-bond donors (Lipinski definition) is 0. The smallest absolute Gasteiger partial charge is 0.115 e. The molecule has 2 aromatic carbocycles. The zero-order valence-corrected chi connectivity index (χ0v) is 16.7. The van der Waals surface area contributed by atoms with Crippen LogP contribution in [0.5, 0.6) is 0 Å². The van der Waals surface area contributed by atoms with Crippen LogP contribution in [0.1, 0.15) is 16.8 Å². The molecule has 0 spiro atoms. The van der Waals surface area contributed by atoms with Crippen molar-refractivity contribution in [1.82, 2.24) is 19.9 Å². The summed E-state index contributed by atoms with van der Waals surface area (Å²) in [7, 11) is 2.09. The summed E-state index contributed by atoms with van der Waals surface area (Å²) in [5.74, 6) is 0. The predicted molar refractivity (Wildman–Crippen MR) is 114 cm³/mol. The normalized spacial score (nSPS) is 11.3. The number of rotatable bonds is 5. The Bertz CT molecular complexity index is 1110. The van der Waals surface area contributed by atoms with Crippen molar-refractivity contribution < 1.29 is 0 Å². The van der Waals surface area contributed by atoms with Gasteiger partial charge in [0, 0.05) is 35.3 Å². The second-order valence-electron chi connectivity index (χ2n) is 7.03. The van der Waals surface area contributed by atoms with Crippen LogP contribution in [0.25, 0.3) is 22.2 Å². The van der Waals surface area contributed by atoms with E-state index >= 15 is 0 Å². The van der Waals surface area contributed by atoms with Crippen LogP contribution < -0.4 is 0 Å². The molecule has 5 heteroatoms. The highest BCUT2D eigenvalue weighted by molar-refractivity contribution is 6.30. The van der Waals surface area contributed by atoms with Crippen LogP contribution in [0.2, 0.25) is 5.02 Å². The highest BCUT2D eigenvalue weighted by Gasteiger charge is 2.13. The van der Waals surface area contributed by atoms with E-state index in [0.717, 1.165) is 46.5 Å². The maximum Gasteiger partial charge on any atom is 0.115 e. The molecule has 0 atom stereocenters. The number of benzene rings is 2. The fourth-order valence-corrected chi connectivity index (χ4v) is 3.62. The van der Waals surface area contributed by atoms with Gasteiger partial charge < -0.3 is 0 Å². The van der Waals surface area contributed by atoms with Crippen molar-refractivity contribution in [3.63, 3.8) is 0 Å². The van der Waals surface area contributed by atoms with Crippen LogP contribution in [0, 0.1) is 6.92 Å². The molecule has 28 heavy (non-hydrogen) atoms. The van der Waals surface area contributed by atoms with Gasteiger partial charge >= 0.3 is 0 Å². The minimum Gasteiger partial charge on any atom is -0.296 e. The zero-order chi connectivity index (χ0) is 19.5. The molecule has 0 aliphatic heterocycles. The number of pyridine rings is 1. The van der Waals surface area contributed by atoms with E-state index in [9.17, 15) is 0 Å². The van der Waals surface area contributed by atoms with Gasteiger partial charge in [-0.1, -0.05) is 41.9 Å². The predicted octanol–water partition coefficient (Wildman–Crippen LogP) is 5.29. The molecule has 0 bridgehead atoms. The highest BCUT2D eigenvalue weighted by atomic mass is 35.5. The van der Waals surface area contributed by atoms with E-state index in [-0.39, 0.29) is 0 Å². The largest absolute Gasteiger partial charge is 0.296 e. The monoisotopic (exact) mass is 388 g/mol. The Balaban J connectivity index is 1.76. The van der Waals surface area contributed by atoms with Crippen molar-refractivity contribution in [2.75, 3.05) is 7.05 Å². The maximum absolute atomic E-state index is 6.26. The molecule has 140 valence electrons. The van der Waals surface area contributed by atoms with Crippen molar-refractivity contribution in [3.05, 3.63) is 89.0 Å². The summed E-state index contributed by atoms with van der Waals surface area (Å²) in [6.45, 7) is 3.59. The summed E-state index contributed by atoms with van der Waals surface area (Å²) >= 11 is 6.26. The molecular formula is C23H21ClN4. The molecule has 0 fully saturated rings. The Morgan fingerprint density at radius 3 is 2.64 bits per heavy atom. The van der Waals surface area contributed by atoms with Crippen LogP contribution in [-0.2, 0) is 13.1 Å². The lowest BCUT2D eigenvalue weighted by Crippen LogP contribution is -2.18. The summed E-state index contributed by atoms with van der Waals surface area (Å²) in [4.78, 5) is 15.6. The van der Waals surface area contributed by atoms with Gasteiger partial charge in [0.05, 0.1) is 16.9 Å². The topological polar surface area (TPSA) is 41.9 Å². The molecule has 2 aromatic heterocycles. The molecule has 0 aliphatic rings. The number of fused-ring (bicyclic) bond motifs is 1. The van der Waals surface area contributed by atoms with E-state index in [4.69, 9.17) is 16.6 Å². The molecule has 4 nitrogen and oxygen atoms in total. The van der Waals surface area contributed by atoms with Gasteiger partial charge in [0.1, 0.15) is 6.33 Å². The highest BCUT2D eigenvalue weighted by Crippen LogP contribution is 2.29. The number of aromatic nitrogens is 3. The Hall–Kier alpha value is -2.82. The first-order chi connectivity index (χ1) is 13.6. The quantitative estimate of drug-likeness (QED) is 0.466. The summed E-state index contributed by atoms with van der Waals surface area (Å²) in [5, 5.41) is 1.86. The minimum absolute atomic E-state index is 0.712. The third-order valence-electron chi connectivity index (χ3n) is 4.74. The van der Waals surface area contributed by atoms with Crippen molar-refractivity contribution in [1.29, 1.82) is 0 Å². The Morgan fingerprint density at radius 1 is 1.00 bits per heavy atom. The first-order valence-corrected chi connectivity index (χ1v) is 9.56. The number of halogens is 1. The van der Waals surface area contributed by atoms with E-state index in [2.05, 4.69) is 59.2 Å². The van der Waals surface area contributed by atoms with Gasteiger partial charge in [0.25, 0.3) is 0 Å². The summed E-state index contributed by atoms with van der Waals surface area (Å²) in [6, 6.07) is 18.4. The molecule has 0 aliphatic carbocycles. The average molecular weight is 389 g/mol. The van der Waals surface area contributed by atoms with Crippen molar-refractivity contribution in [3.8, 4) is 11.3 Å². The fourth-order valence-electron chi connectivity index (χ4n) is 3.43. The maximum atomic E-state index is 6.26. The van der Waals surface area contributed by atoms with Gasteiger partial charge in [-0.25, -0.2) is 15.0 Å². The second-order valence-corrected chi connectivity index (χ2v) is 7.46. The summed E-state index contributed by atoms with van der Waals surface area (Å²) in [5.41, 5.74) is 6.35. The second kappa shape index (κ2) is 8.05. The van der Waals surface area contributed by atoms with E-state index in [1.165, 1.54) is 5.56 Å². The van der Waals surface area contributed by atoms with Gasteiger partial charge in [-0.2, -0.15) is 0 Å². The zero-order valence-electron chi connectivity index (χ0n) is 15.9. The van der Waals surface area contributed by atoms with Crippen molar-refractivity contribution >= 4 is 22.5 Å². The Kier molecular flexibility index (Phi) is 5.33. The number of aryl methyl sites for hydroxylation is 1. The van der Waals surface area contributed by atoms with Crippen LogP contribution in [-0.4, -0.2) is 26.9 Å². The van der Waals surface area contributed by atoms with Crippen molar-refractivity contribution in [2.45, 2.75) is 20.0 Å². The molecular weight excluding hydrogens is 368 g/mol. The number of para-hydroxylation sites is 1. The number of hydrogen-bond acceptors (Lipinski definition) is 4. The molecule has 0 unspecified atom stereocenters. The molecule has 4 rings (SSSR count). The summed E-state index contributed by atoms with van der Waals surface area (Å²) < 4.78 is 0. The molecule has 0 saturated heterocycles. The van der Waals surface area contributed by atoms with E-state index < -0.39 is 0 Å². The lowest BCUT2D eigenvalue weighted by atomic mass is 10.0. The molecule has 0 N–H and O–H groups in total. The summed E-state index contributed by atoms with van der Waals surface area (Å²) in [6.07, 6.45) is 3.36.